The molecular weight excluding hydrogens is 447 g/mol. The summed E-state index contributed by atoms with van der Waals surface area (Å²) in [5, 5.41) is 2.60. The molecule has 1 aliphatic heterocycles. The predicted molar refractivity (Wildman–Crippen MR) is 121 cm³/mol. The van der Waals surface area contributed by atoms with E-state index in [4.69, 9.17) is 9.47 Å². The summed E-state index contributed by atoms with van der Waals surface area (Å²) in [7, 11) is -3.85. The van der Waals surface area contributed by atoms with Gasteiger partial charge in [0, 0.05) is 18.8 Å². The van der Waals surface area contributed by atoms with Crippen molar-refractivity contribution in [2.45, 2.75) is 11.5 Å². The van der Waals surface area contributed by atoms with Gasteiger partial charge >= 0.3 is 0 Å². The molecule has 0 unspecified atom stereocenters. The lowest BCUT2D eigenvalue weighted by molar-refractivity contribution is 0.0730. The molecule has 33 heavy (non-hydrogen) atoms. The van der Waals surface area contributed by atoms with Crippen molar-refractivity contribution in [1.82, 2.24) is 4.31 Å². The number of anilines is 1. The molecule has 1 heterocycles. The minimum absolute atomic E-state index is 0.138. The van der Waals surface area contributed by atoms with Gasteiger partial charge in [-0.1, -0.05) is 30.3 Å². The van der Waals surface area contributed by atoms with E-state index in [1.165, 1.54) is 4.31 Å². The third-order valence-electron chi connectivity index (χ3n) is 5.15. The zero-order chi connectivity index (χ0) is 23.3. The highest BCUT2D eigenvalue weighted by atomic mass is 32.2. The van der Waals surface area contributed by atoms with Crippen LogP contribution in [0.5, 0.6) is 5.75 Å². The van der Waals surface area contributed by atoms with E-state index in [0.29, 0.717) is 31.3 Å². The SMILES string of the molecule is O=C(Nc1ccc(OCc2ccccc2)cc1)c1cc(S(=O)(=O)N2CCOCC2)ccc1F. The summed E-state index contributed by atoms with van der Waals surface area (Å²) in [4.78, 5) is 12.5. The molecule has 9 heteroatoms. The lowest BCUT2D eigenvalue weighted by Gasteiger charge is -2.26. The number of nitrogens with one attached hydrogen (secondary N) is 1. The Labute approximate surface area is 191 Å². The third kappa shape index (κ3) is 5.57. The van der Waals surface area contributed by atoms with Crippen LogP contribution in [0.2, 0.25) is 0 Å². The highest BCUT2D eigenvalue weighted by Crippen LogP contribution is 2.22. The van der Waals surface area contributed by atoms with Crippen LogP contribution in [-0.4, -0.2) is 44.9 Å². The van der Waals surface area contributed by atoms with Gasteiger partial charge in [0.2, 0.25) is 10.0 Å². The monoisotopic (exact) mass is 470 g/mol. The molecule has 0 spiro atoms. The number of nitrogens with zero attached hydrogens (tertiary/aromatic N) is 1. The van der Waals surface area contributed by atoms with Crippen LogP contribution in [0.3, 0.4) is 0 Å². The lowest BCUT2D eigenvalue weighted by atomic mass is 10.2. The van der Waals surface area contributed by atoms with Gasteiger partial charge < -0.3 is 14.8 Å². The second kappa shape index (κ2) is 10.1. The van der Waals surface area contributed by atoms with Crippen molar-refractivity contribution in [3.63, 3.8) is 0 Å². The number of halogens is 1. The molecule has 1 N–H and O–H groups in total. The Morgan fingerprint density at radius 2 is 1.70 bits per heavy atom. The summed E-state index contributed by atoms with van der Waals surface area (Å²) >= 11 is 0. The summed E-state index contributed by atoms with van der Waals surface area (Å²) in [5.41, 5.74) is 1.10. The highest BCUT2D eigenvalue weighted by Gasteiger charge is 2.28. The van der Waals surface area contributed by atoms with Gasteiger partial charge in [0.1, 0.15) is 18.2 Å². The fraction of sp³-hybridized carbons (Fsp3) is 0.208. The number of amides is 1. The van der Waals surface area contributed by atoms with Crippen LogP contribution in [-0.2, 0) is 21.4 Å². The van der Waals surface area contributed by atoms with Crippen molar-refractivity contribution < 1.29 is 27.1 Å². The van der Waals surface area contributed by atoms with Crippen LogP contribution in [0.15, 0.2) is 77.7 Å². The van der Waals surface area contributed by atoms with E-state index in [9.17, 15) is 17.6 Å². The predicted octanol–water partition coefficient (Wildman–Crippen LogP) is 3.68. The van der Waals surface area contributed by atoms with Gasteiger partial charge in [0.05, 0.1) is 23.7 Å². The molecule has 0 radical (unpaired) electrons. The zero-order valence-electron chi connectivity index (χ0n) is 17.7. The highest BCUT2D eigenvalue weighted by molar-refractivity contribution is 7.89. The van der Waals surface area contributed by atoms with Crippen LogP contribution in [0.4, 0.5) is 10.1 Å². The third-order valence-corrected chi connectivity index (χ3v) is 7.05. The minimum Gasteiger partial charge on any atom is -0.489 e. The van der Waals surface area contributed by atoms with E-state index in [2.05, 4.69) is 5.32 Å². The lowest BCUT2D eigenvalue weighted by Crippen LogP contribution is -2.40. The van der Waals surface area contributed by atoms with Gasteiger partial charge in [-0.2, -0.15) is 4.31 Å². The maximum Gasteiger partial charge on any atom is 0.258 e. The molecule has 1 amide bonds. The van der Waals surface area contributed by atoms with Gasteiger partial charge in [-0.15, -0.1) is 0 Å². The Morgan fingerprint density at radius 3 is 2.39 bits per heavy atom. The van der Waals surface area contributed by atoms with E-state index in [-0.39, 0.29) is 23.5 Å². The quantitative estimate of drug-likeness (QED) is 0.570. The van der Waals surface area contributed by atoms with Crippen molar-refractivity contribution in [3.05, 3.63) is 89.7 Å². The Morgan fingerprint density at radius 1 is 1.00 bits per heavy atom. The van der Waals surface area contributed by atoms with E-state index < -0.39 is 21.7 Å². The number of sulfonamides is 1. The number of benzene rings is 3. The average Bonchev–Trinajstić information content (AvgIpc) is 2.85. The molecule has 0 aliphatic carbocycles. The smallest absolute Gasteiger partial charge is 0.258 e. The maximum atomic E-state index is 14.4. The van der Waals surface area contributed by atoms with Crippen LogP contribution >= 0.6 is 0 Å². The Bertz CT molecular complexity index is 1210. The molecule has 4 rings (SSSR count). The van der Waals surface area contributed by atoms with E-state index >= 15 is 0 Å². The molecule has 1 fully saturated rings. The first-order chi connectivity index (χ1) is 15.9. The van der Waals surface area contributed by atoms with Gasteiger partial charge in [0.15, 0.2) is 0 Å². The largest absolute Gasteiger partial charge is 0.489 e. The number of hydrogen-bond acceptors (Lipinski definition) is 5. The first kappa shape index (κ1) is 22.9. The van der Waals surface area contributed by atoms with E-state index in [1.807, 2.05) is 30.3 Å². The van der Waals surface area contributed by atoms with E-state index in [0.717, 1.165) is 23.8 Å². The zero-order valence-corrected chi connectivity index (χ0v) is 18.6. The first-order valence-corrected chi connectivity index (χ1v) is 11.8. The van der Waals surface area contributed by atoms with Crippen LogP contribution in [0, 0.1) is 5.82 Å². The van der Waals surface area contributed by atoms with Crippen molar-refractivity contribution in [2.75, 3.05) is 31.6 Å². The van der Waals surface area contributed by atoms with Crippen molar-refractivity contribution in [2.24, 2.45) is 0 Å². The summed E-state index contributed by atoms with van der Waals surface area (Å²) in [6.07, 6.45) is 0. The average molecular weight is 471 g/mol. The van der Waals surface area contributed by atoms with Crippen molar-refractivity contribution in [1.29, 1.82) is 0 Å². The fourth-order valence-electron chi connectivity index (χ4n) is 3.35. The van der Waals surface area contributed by atoms with Crippen molar-refractivity contribution >= 4 is 21.6 Å². The number of carbonyl (C=O) groups is 1. The van der Waals surface area contributed by atoms with Crippen LogP contribution in [0.25, 0.3) is 0 Å². The molecular formula is C24H23FN2O5S. The minimum atomic E-state index is -3.85. The number of carbonyl (C=O) groups excluding carboxylic acids is 1. The maximum absolute atomic E-state index is 14.4. The Kier molecular flexibility index (Phi) is 7.02. The Balaban J connectivity index is 1.44. The molecule has 1 saturated heterocycles. The molecule has 172 valence electrons. The van der Waals surface area contributed by atoms with Gasteiger partial charge in [-0.05, 0) is 48.0 Å². The molecule has 0 saturated carbocycles. The molecule has 7 nitrogen and oxygen atoms in total. The number of ether oxygens (including phenoxy) is 2. The van der Waals surface area contributed by atoms with Crippen molar-refractivity contribution in [3.8, 4) is 5.75 Å². The van der Waals surface area contributed by atoms with Gasteiger partial charge in [-0.3, -0.25) is 4.79 Å². The fourth-order valence-corrected chi connectivity index (χ4v) is 4.78. The number of morpholine rings is 1. The molecule has 3 aromatic rings. The van der Waals surface area contributed by atoms with Crippen LogP contribution in [0.1, 0.15) is 15.9 Å². The second-order valence-corrected chi connectivity index (χ2v) is 9.35. The summed E-state index contributed by atoms with van der Waals surface area (Å²) in [6.45, 7) is 1.40. The van der Waals surface area contributed by atoms with E-state index in [1.54, 1.807) is 24.3 Å². The van der Waals surface area contributed by atoms with Crippen LogP contribution < -0.4 is 10.1 Å². The normalized spacial score (nSPS) is 14.6. The number of rotatable bonds is 7. The molecule has 0 atom stereocenters. The first-order valence-electron chi connectivity index (χ1n) is 10.4. The standard InChI is InChI=1S/C24H23FN2O5S/c25-23-11-10-21(33(29,30)27-12-14-31-15-13-27)16-22(23)24(28)26-19-6-8-20(9-7-19)32-17-18-4-2-1-3-5-18/h1-11,16H,12-15,17H2,(H,26,28). The topological polar surface area (TPSA) is 84.9 Å². The molecule has 0 bridgehead atoms. The molecule has 1 aliphatic rings. The second-order valence-electron chi connectivity index (χ2n) is 7.41. The number of hydrogen-bond donors (Lipinski definition) is 1. The molecule has 0 aromatic heterocycles. The summed E-state index contributed by atoms with van der Waals surface area (Å²) in [5.74, 6) is -0.942. The van der Waals surface area contributed by atoms with Gasteiger partial charge in [0.25, 0.3) is 5.91 Å². The molecule has 3 aromatic carbocycles. The summed E-state index contributed by atoms with van der Waals surface area (Å²) < 4.78 is 52.2. The Hall–Kier alpha value is -3.27. The summed E-state index contributed by atoms with van der Waals surface area (Å²) in [6, 6.07) is 19.5. The van der Waals surface area contributed by atoms with Gasteiger partial charge in [-0.25, -0.2) is 12.8 Å².